The summed E-state index contributed by atoms with van der Waals surface area (Å²) in [5.41, 5.74) is -0.569. The second-order valence-corrected chi connectivity index (χ2v) is 6.04. The number of halogens is 2. The van der Waals surface area contributed by atoms with Gasteiger partial charge in [0.15, 0.2) is 0 Å². The Kier molecular flexibility index (Phi) is 4.08. The summed E-state index contributed by atoms with van der Waals surface area (Å²) in [6.45, 7) is 0. The van der Waals surface area contributed by atoms with Gasteiger partial charge in [-0.1, -0.05) is 15.9 Å². The van der Waals surface area contributed by atoms with E-state index in [1.54, 1.807) is 6.07 Å². The van der Waals surface area contributed by atoms with Gasteiger partial charge in [-0.05, 0) is 11.6 Å². The second-order valence-electron chi connectivity index (χ2n) is 2.92. The molecular formula is C8H4BrClN2O4S. The molecule has 90 valence electrons. The predicted molar refractivity (Wildman–Crippen MR) is 63.5 cm³/mol. The normalized spacial score (nSPS) is 10.9. The molecule has 0 aromatic heterocycles. The quantitative estimate of drug-likeness (QED) is 0.364. The highest BCUT2D eigenvalue weighted by Gasteiger charge is 2.23. The molecule has 0 saturated heterocycles. The average molecular weight is 340 g/mol. The van der Waals surface area contributed by atoms with Crippen molar-refractivity contribution in [2.75, 3.05) is 0 Å². The van der Waals surface area contributed by atoms with Gasteiger partial charge in [0.25, 0.3) is 14.7 Å². The number of rotatable bonds is 3. The van der Waals surface area contributed by atoms with Crippen molar-refractivity contribution in [1.82, 2.24) is 0 Å². The number of nitro groups is 1. The third-order valence-corrected chi connectivity index (χ3v) is 3.84. The minimum atomic E-state index is -4.08. The first kappa shape index (κ1) is 13.9. The van der Waals surface area contributed by atoms with Crippen molar-refractivity contribution in [3.8, 4) is 6.07 Å². The van der Waals surface area contributed by atoms with Gasteiger partial charge in [0.2, 0.25) is 0 Å². The lowest BCUT2D eigenvalue weighted by Gasteiger charge is -2.03. The van der Waals surface area contributed by atoms with Gasteiger partial charge in [-0.15, -0.1) is 0 Å². The maximum absolute atomic E-state index is 11.1. The largest absolute Gasteiger partial charge is 0.288 e. The molecule has 0 bridgehead atoms. The molecule has 0 saturated carbocycles. The Balaban J connectivity index is 3.71. The minimum absolute atomic E-state index is 0.108. The van der Waals surface area contributed by atoms with Crippen molar-refractivity contribution in [2.45, 2.75) is 10.2 Å². The summed E-state index contributed by atoms with van der Waals surface area (Å²) in [7, 11) is 1.03. The standard InChI is InChI=1S/C8H4BrClN2O4S/c9-3-5-1-6(17(10,15)16)2-8(12(13)14)7(5)4-11/h1-2H,3H2. The van der Waals surface area contributed by atoms with Gasteiger partial charge >= 0.3 is 0 Å². The van der Waals surface area contributed by atoms with E-state index in [9.17, 15) is 18.5 Å². The summed E-state index contributed by atoms with van der Waals surface area (Å²) in [5.74, 6) is 0. The summed E-state index contributed by atoms with van der Waals surface area (Å²) < 4.78 is 22.2. The lowest BCUT2D eigenvalue weighted by molar-refractivity contribution is -0.385. The Morgan fingerprint density at radius 1 is 1.53 bits per heavy atom. The molecule has 0 amide bonds. The van der Waals surface area contributed by atoms with E-state index in [2.05, 4.69) is 15.9 Å². The molecule has 1 aromatic rings. The number of hydrogen-bond acceptors (Lipinski definition) is 5. The number of nitro benzene ring substituents is 1. The lowest BCUT2D eigenvalue weighted by Crippen LogP contribution is -2.00. The first-order valence-corrected chi connectivity index (χ1v) is 7.46. The van der Waals surface area contributed by atoms with E-state index in [0.29, 0.717) is 0 Å². The zero-order chi connectivity index (χ0) is 13.2. The van der Waals surface area contributed by atoms with E-state index < -0.39 is 24.6 Å². The van der Waals surface area contributed by atoms with E-state index in [-0.39, 0.29) is 16.5 Å². The van der Waals surface area contributed by atoms with Crippen molar-refractivity contribution >= 4 is 41.4 Å². The van der Waals surface area contributed by atoms with Crippen LogP contribution in [0.5, 0.6) is 0 Å². The van der Waals surface area contributed by atoms with Crippen LogP contribution >= 0.6 is 26.6 Å². The topological polar surface area (TPSA) is 101 Å². The SMILES string of the molecule is N#Cc1c(CBr)cc(S(=O)(=O)Cl)cc1[N+](=O)[O-]. The van der Waals surface area contributed by atoms with Gasteiger partial charge in [0.05, 0.1) is 9.82 Å². The summed E-state index contributed by atoms with van der Waals surface area (Å²) in [6.07, 6.45) is 0. The summed E-state index contributed by atoms with van der Waals surface area (Å²) in [4.78, 5) is 9.50. The third-order valence-electron chi connectivity index (χ3n) is 1.91. The highest BCUT2D eigenvalue weighted by Crippen LogP contribution is 2.29. The van der Waals surface area contributed by atoms with Crippen LogP contribution < -0.4 is 0 Å². The van der Waals surface area contributed by atoms with E-state index >= 15 is 0 Å². The average Bonchev–Trinajstić information content (AvgIpc) is 2.25. The van der Waals surface area contributed by atoms with Crippen molar-refractivity contribution in [3.05, 3.63) is 33.4 Å². The zero-order valence-corrected chi connectivity index (χ0v) is 11.2. The molecule has 0 N–H and O–H groups in total. The van der Waals surface area contributed by atoms with E-state index in [4.69, 9.17) is 15.9 Å². The Labute approximate surface area is 110 Å². The van der Waals surface area contributed by atoms with E-state index in [1.807, 2.05) is 0 Å². The first-order valence-electron chi connectivity index (χ1n) is 4.03. The van der Waals surface area contributed by atoms with Gasteiger partial charge in [0.1, 0.15) is 11.6 Å². The fourth-order valence-corrected chi connectivity index (χ4v) is 2.42. The van der Waals surface area contributed by atoms with Gasteiger partial charge < -0.3 is 0 Å². The molecule has 1 rings (SSSR count). The van der Waals surface area contributed by atoms with Gasteiger partial charge in [-0.2, -0.15) is 5.26 Å². The number of hydrogen-bond donors (Lipinski definition) is 0. The Bertz CT molecular complexity index is 623. The monoisotopic (exact) mass is 338 g/mol. The van der Waals surface area contributed by atoms with Crippen molar-refractivity contribution in [2.24, 2.45) is 0 Å². The molecule has 9 heteroatoms. The van der Waals surface area contributed by atoms with Crippen LogP contribution in [0.1, 0.15) is 11.1 Å². The van der Waals surface area contributed by atoms with Crippen LogP contribution in [0.2, 0.25) is 0 Å². The number of nitriles is 1. The van der Waals surface area contributed by atoms with E-state index in [1.165, 1.54) is 0 Å². The van der Waals surface area contributed by atoms with Crippen LogP contribution in [0.25, 0.3) is 0 Å². The third kappa shape index (κ3) is 2.94. The molecule has 0 radical (unpaired) electrons. The fourth-order valence-electron chi connectivity index (χ4n) is 1.18. The van der Waals surface area contributed by atoms with Crippen LogP contribution in [0.4, 0.5) is 5.69 Å². The number of alkyl halides is 1. The summed E-state index contributed by atoms with van der Waals surface area (Å²) in [5, 5.41) is 19.7. The minimum Gasteiger partial charge on any atom is -0.258 e. The number of benzene rings is 1. The van der Waals surface area contributed by atoms with Crippen LogP contribution in [0, 0.1) is 21.4 Å². The Hall–Kier alpha value is -1.17. The number of nitrogens with zero attached hydrogens (tertiary/aromatic N) is 2. The highest BCUT2D eigenvalue weighted by atomic mass is 79.9. The van der Waals surface area contributed by atoms with Crippen LogP contribution in [0.15, 0.2) is 17.0 Å². The van der Waals surface area contributed by atoms with Crippen LogP contribution in [0.3, 0.4) is 0 Å². The van der Waals surface area contributed by atoms with Crippen molar-refractivity contribution < 1.29 is 13.3 Å². The second kappa shape index (κ2) is 5.00. The molecule has 0 aliphatic rings. The lowest BCUT2D eigenvalue weighted by atomic mass is 10.1. The van der Waals surface area contributed by atoms with E-state index in [0.717, 1.165) is 12.1 Å². The van der Waals surface area contributed by atoms with Gasteiger partial charge in [0, 0.05) is 22.1 Å². The molecule has 1 aromatic carbocycles. The molecule has 0 unspecified atom stereocenters. The molecule has 0 aliphatic heterocycles. The van der Waals surface area contributed by atoms with Crippen LogP contribution in [-0.4, -0.2) is 13.3 Å². The molecule has 0 spiro atoms. The Morgan fingerprint density at radius 3 is 2.47 bits per heavy atom. The molecular weight excluding hydrogens is 336 g/mol. The Morgan fingerprint density at radius 2 is 2.12 bits per heavy atom. The molecule has 0 fully saturated rings. The first-order chi connectivity index (χ1) is 7.81. The highest BCUT2D eigenvalue weighted by molar-refractivity contribution is 9.08. The molecule has 6 nitrogen and oxygen atoms in total. The van der Waals surface area contributed by atoms with Crippen molar-refractivity contribution in [1.29, 1.82) is 5.26 Å². The predicted octanol–water partition coefficient (Wildman–Crippen LogP) is 2.29. The summed E-state index contributed by atoms with van der Waals surface area (Å²) in [6, 6.07) is 3.56. The summed E-state index contributed by atoms with van der Waals surface area (Å²) >= 11 is 3.02. The smallest absolute Gasteiger partial charge is 0.258 e. The molecule has 0 heterocycles. The molecule has 17 heavy (non-hydrogen) atoms. The van der Waals surface area contributed by atoms with Crippen LogP contribution in [-0.2, 0) is 14.4 Å². The zero-order valence-electron chi connectivity index (χ0n) is 8.05. The molecule has 0 atom stereocenters. The van der Waals surface area contributed by atoms with Gasteiger partial charge in [-0.25, -0.2) is 8.42 Å². The maximum atomic E-state index is 11.1. The van der Waals surface area contributed by atoms with Crippen molar-refractivity contribution in [3.63, 3.8) is 0 Å². The van der Waals surface area contributed by atoms with Gasteiger partial charge in [-0.3, -0.25) is 10.1 Å². The fraction of sp³-hybridized carbons (Fsp3) is 0.125. The maximum Gasteiger partial charge on any atom is 0.288 e. The molecule has 0 aliphatic carbocycles.